The summed E-state index contributed by atoms with van der Waals surface area (Å²) in [7, 11) is 6.27. The van der Waals surface area contributed by atoms with Crippen LogP contribution in [0.5, 0.6) is 0 Å². The molecule has 4 aromatic heterocycles. The topological polar surface area (TPSA) is 148 Å². The third-order valence-electron chi connectivity index (χ3n) is 7.88. The summed E-state index contributed by atoms with van der Waals surface area (Å²) in [6.07, 6.45) is 8.34. The number of aromatic nitrogens is 8. The van der Waals surface area contributed by atoms with Crippen molar-refractivity contribution in [3.05, 3.63) is 41.7 Å². The summed E-state index contributed by atoms with van der Waals surface area (Å²) in [6, 6.07) is 0. The molecule has 0 amide bonds. The van der Waals surface area contributed by atoms with E-state index in [1.807, 2.05) is 23.0 Å². The summed E-state index contributed by atoms with van der Waals surface area (Å²) in [5.41, 5.74) is 0.318. The molecule has 0 fully saturated rings. The van der Waals surface area contributed by atoms with Crippen molar-refractivity contribution in [2.45, 2.75) is 78.3 Å². The molecule has 14 heteroatoms. The second-order valence-electron chi connectivity index (χ2n) is 10.8. The number of nitrogens with zero attached hydrogens (tertiary/aromatic N) is 8. The molecule has 0 atom stereocenters. The summed E-state index contributed by atoms with van der Waals surface area (Å²) in [4.78, 5) is 59.5. The molecule has 0 saturated carbocycles. The van der Waals surface area contributed by atoms with Gasteiger partial charge < -0.3 is 19.8 Å². The Bertz CT molecular complexity index is 1670. The number of rotatable bonds is 15. The molecule has 42 heavy (non-hydrogen) atoms. The fraction of sp³-hybridized carbons (Fsp3) is 0.643. The smallest absolute Gasteiger partial charge is 0.332 e. The molecular weight excluding hydrogens is 540 g/mol. The van der Waals surface area contributed by atoms with Gasteiger partial charge in [-0.25, -0.2) is 9.59 Å². The molecule has 0 aliphatic rings. The highest BCUT2D eigenvalue weighted by molar-refractivity contribution is 5.75. The SMILES string of the molecule is CCNc1nc2c(c(=O)n(C)c(=O)n2C)n1CCCCCCCCCCn1c(NCC)nc2c1c(=O)n(C)c(=O)n2C. The lowest BCUT2D eigenvalue weighted by Crippen LogP contribution is -2.37. The second kappa shape index (κ2) is 13.3. The molecule has 0 bridgehead atoms. The van der Waals surface area contributed by atoms with Gasteiger partial charge in [0, 0.05) is 54.4 Å². The normalized spacial score (nSPS) is 11.7. The lowest BCUT2D eigenvalue weighted by Gasteiger charge is -2.10. The van der Waals surface area contributed by atoms with Crippen LogP contribution in [0.4, 0.5) is 11.9 Å². The number of fused-ring (bicyclic) bond motifs is 2. The van der Waals surface area contributed by atoms with E-state index in [0.29, 0.717) is 60.4 Å². The van der Waals surface area contributed by atoms with Gasteiger partial charge in [0.05, 0.1) is 0 Å². The summed E-state index contributed by atoms with van der Waals surface area (Å²) < 4.78 is 8.93. The fourth-order valence-electron chi connectivity index (χ4n) is 5.52. The van der Waals surface area contributed by atoms with Crippen LogP contribution in [0.3, 0.4) is 0 Å². The Morgan fingerprint density at radius 1 is 0.524 bits per heavy atom. The molecule has 0 aliphatic carbocycles. The van der Waals surface area contributed by atoms with Crippen LogP contribution in [0.25, 0.3) is 22.3 Å². The first-order valence-electron chi connectivity index (χ1n) is 14.9. The summed E-state index contributed by atoms with van der Waals surface area (Å²) in [5, 5.41) is 6.45. The standard InChI is InChI=1S/C28H44N10O4/c1-7-29-25-31-21-19(23(39)35(5)27(41)33(21)3)37(25)17-15-13-11-9-10-12-14-16-18-38-20-22(32-26(38)30-8-2)34(4)28(42)36(6)24(20)40/h7-18H2,1-6H3,(H,29,31)(H,30,32). The Morgan fingerprint density at radius 3 is 1.19 bits per heavy atom. The monoisotopic (exact) mass is 584 g/mol. The zero-order valence-corrected chi connectivity index (χ0v) is 25.7. The zero-order valence-electron chi connectivity index (χ0n) is 25.7. The molecule has 0 aliphatic heterocycles. The number of anilines is 2. The van der Waals surface area contributed by atoms with E-state index in [1.165, 1.54) is 23.2 Å². The highest BCUT2D eigenvalue weighted by Crippen LogP contribution is 2.19. The number of hydrogen-bond donors (Lipinski definition) is 2. The van der Waals surface area contributed by atoms with Crippen molar-refractivity contribution in [1.82, 2.24) is 37.4 Å². The molecule has 0 saturated heterocycles. The van der Waals surface area contributed by atoms with Crippen molar-refractivity contribution < 1.29 is 0 Å². The van der Waals surface area contributed by atoms with Crippen molar-refractivity contribution in [1.29, 1.82) is 0 Å². The van der Waals surface area contributed by atoms with Crippen molar-refractivity contribution in [2.24, 2.45) is 28.2 Å². The average molecular weight is 585 g/mol. The van der Waals surface area contributed by atoms with Crippen LogP contribution in [0, 0.1) is 0 Å². The van der Waals surface area contributed by atoms with Crippen LogP contribution in [0.1, 0.15) is 65.2 Å². The molecule has 4 aromatic rings. The first kappa shape index (κ1) is 30.8. The van der Waals surface area contributed by atoms with Crippen molar-refractivity contribution in [3.63, 3.8) is 0 Å². The van der Waals surface area contributed by atoms with E-state index in [4.69, 9.17) is 0 Å². The van der Waals surface area contributed by atoms with E-state index in [-0.39, 0.29) is 22.5 Å². The molecule has 0 aromatic carbocycles. The van der Waals surface area contributed by atoms with Crippen LogP contribution < -0.4 is 33.1 Å². The summed E-state index contributed by atoms with van der Waals surface area (Å²) in [6.45, 7) is 6.60. The van der Waals surface area contributed by atoms with Crippen LogP contribution in [0.2, 0.25) is 0 Å². The lowest BCUT2D eigenvalue weighted by atomic mass is 10.1. The Morgan fingerprint density at radius 2 is 0.857 bits per heavy atom. The van der Waals surface area contributed by atoms with Gasteiger partial charge in [-0.1, -0.05) is 38.5 Å². The second-order valence-corrected chi connectivity index (χ2v) is 10.8. The van der Waals surface area contributed by atoms with Gasteiger partial charge in [-0.15, -0.1) is 0 Å². The molecule has 0 radical (unpaired) electrons. The van der Waals surface area contributed by atoms with Crippen molar-refractivity contribution in [3.8, 4) is 0 Å². The van der Waals surface area contributed by atoms with Gasteiger partial charge in [-0.3, -0.25) is 27.9 Å². The van der Waals surface area contributed by atoms with Crippen LogP contribution >= 0.6 is 0 Å². The van der Waals surface area contributed by atoms with Gasteiger partial charge >= 0.3 is 11.4 Å². The van der Waals surface area contributed by atoms with E-state index < -0.39 is 0 Å². The van der Waals surface area contributed by atoms with E-state index in [1.54, 1.807) is 14.1 Å². The van der Waals surface area contributed by atoms with Gasteiger partial charge in [0.15, 0.2) is 22.3 Å². The van der Waals surface area contributed by atoms with Crippen LogP contribution in [-0.4, -0.2) is 50.5 Å². The van der Waals surface area contributed by atoms with E-state index >= 15 is 0 Å². The minimum Gasteiger partial charge on any atom is -0.356 e. The molecule has 0 spiro atoms. The van der Waals surface area contributed by atoms with Gasteiger partial charge in [0.2, 0.25) is 11.9 Å². The van der Waals surface area contributed by atoms with Crippen molar-refractivity contribution >= 4 is 34.2 Å². The predicted molar refractivity (Wildman–Crippen MR) is 166 cm³/mol. The number of unbranched alkanes of at least 4 members (excludes halogenated alkanes) is 7. The summed E-state index contributed by atoms with van der Waals surface area (Å²) >= 11 is 0. The number of hydrogen-bond acceptors (Lipinski definition) is 8. The molecule has 0 unspecified atom stereocenters. The van der Waals surface area contributed by atoms with Gasteiger partial charge in [0.1, 0.15) is 0 Å². The Balaban J connectivity index is 1.27. The average Bonchev–Trinajstić information content (AvgIpc) is 3.52. The molecule has 4 rings (SSSR count). The van der Waals surface area contributed by atoms with Gasteiger partial charge in [-0.2, -0.15) is 9.97 Å². The first-order valence-corrected chi connectivity index (χ1v) is 14.9. The Kier molecular flexibility index (Phi) is 9.74. The quantitative estimate of drug-likeness (QED) is 0.201. The van der Waals surface area contributed by atoms with E-state index in [2.05, 4.69) is 20.6 Å². The van der Waals surface area contributed by atoms with Gasteiger partial charge in [-0.05, 0) is 26.7 Å². The molecule has 4 heterocycles. The third kappa shape index (κ3) is 5.79. The highest BCUT2D eigenvalue weighted by atomic mass is 16.2. The third-order valence-corrected chi connectivity index (χ3v) is 7.88. The first-order chi connectivity index (χ1) is 20.1. The molecule has 14 nitrogen and oxygen atoms in total. The minimum absolute atomic E-state index is 0.324. The maximum Gasteiger partial charge on any atom is 0.332 e. The van der Waals surface area contributed by atoms with Crippen molar-refractivity contribution in [2.75, 3.05) is 23.7 Å². The number of imidazole rings is 2. The predicted octanol–water partition coefficient (Wildman–Crippen LogP) is 1.87. The minimum atomic E-state index is -0.382. The molecule has 2 N–H and O–H groups in total. The van der Waals surface area contributed by atoms with Crippen LogP contribution in [0.15, 0.2) is 19.2 Å². The highest BCUT2D eigenvalue weighted by Gasteiger charge is 2.20. The number of nitrogens with one attached hydrogen (secondary N) is 2. The number of aryl methyl sites for hydroxylation is 4. The molecular formula is C28H44N10O4. The summed E-state index contributed by atoms with van der Waals surface area (Å²) in [5.74, 6) is 1.24. The van der Waals surface area contributed by atoms with E-state index in [9.17, 15) is 19.2 Å². The molecule has 230 valence electrons. The maximum absolute atomic E-state index is 12.9. The van der Waals surface area contributed by atoms with Gasteiger partial charge in [0.25, 0.3) is 11.1 Å². The zero-order chi connectivity index (χ0) is 30.6. The Labute approximate surface area is 243 Å². The van der Waals surface area contributed by atoms with E-state index in [0.717, 1.165) is 60.5 Å². The fourth-order valence-corrected chi connectivity index (χ4v) is 5.52. The largest absolute Gasteiger partial charge is 0.356 e. The maximum atomic E-state index is 12.9. The lowest BCUT2D eigenvalue weighted by molar-refractivity contribution is 0.531. The Hall–Kier alpha value is -4.10. The van der Waals surface area contributed by atoms with Crippen LogP contribution in [-0.2, 0) is 41.3 Å².